The SMILES string of the molecule is CCC1CCc2nc(NC(=O)N3CC=C(COC)CC3)sc2C1. The van der Waals surface area contributed by atoms with E-state index in [1.165, 1.54) is 29.0 Å². The Morgan fingerprint density at radius 1 is 1.52 bits per heavy atom. The zero-order valence-corrected chi connectivity index (χ0v) is 14.7. The van der Waals surface area contributed by atoms with E-state index in [-0.39, 0.29) is 6.03 Å². The minimum absolute atomic E-state index is 0.0455. The largest absolute Gasteiger partial charge is 0.380 e. The van der Waals surface area contributed by atoms with Crippen molar-refractivity contribution in [3.05, 3.63) is 22.2 Å². The number of anilines is 1. The van der Waals surface area contributed by atoms with E-state index >= 15 is 0 Å². The molecule has 6 heteroatoms. The van der Waals surface area contributed by atoms with Crippen molar-refractivity contribution >= 4 is 22.5 Å². The standard InChI is InChI=1S/C17H25N3O2S/c1-3-12-4-5-14-15(10-12)23-16(18-14)19-17(21)20-8-6-13(7-9-20)11-22-2/h6,12H,3-5,7-11H2,1-2H3,(H,18,19,21). The summed E-state index contributed by atoms with van der Waals surface area (Å²) in [6.45, 7) is 4.30. The highest BCUT2D eigenvalue weighted by Crippen LogP contribution is 2.33. The average molecular weight is 335 g/mol. The van der Waals surface area contributed by atoms with E-state index in [0.717, 1.165) is 36.9 Å². The smallest absolute Gasteiger partial charge is 0.323 e. The van der Waals surface area contributed by atoms with Gasteiger partial charge in [-0.15, -0.1) is 11.3 Å². The number of aryl methyl sites for hydroxylation is 1. The van der Waals surface area contributed by atoms with E-state index in [2.05, 4.69) is 23.3 Å². The van der Waals surface area contributed by atoms with Crippen LogP contribution >= 0.6 is 11.3 Å². The molecular weight excluding hydrogens is 310 g/mol. The molecule has 0 radical (unpaired) electrons. The summed E-state index contributed by atoms with van der Waals surface area (Å²) in [6.07, 6.45) is 7.58. The highest BCUT2D eigenvalue weighted by Gasteiger charge is 2.23. The van der Waals surface area contributed by atoms with Gasteiger partial charge >= 0.3 is 6.03 Å². The van der Waals surface area contributed by atoms with Crippen LogP contribution in [0.5, 0.6) is 0 Å². The molecule has 1 unspecified atom stereocenters. The molecule has 23 heavy (non-hydrogen) atoms. The number of hydrogen-bond donors (Lipinski definition) is 1. The summed E-state index contributed by atoms with van der Waals surface area (Å²) in [7, 11) is 1.70. The summed E-state index contributed by atoms with van der Waals surface area (Å²) in [5.74, 6) is 0.776. The lowest BCUT2D eigenvalue weighted by molar-refractivity contribution is 0.203. The molecule has 1 aromatic rings. The van der Waals surface area contributed by atoms with Crippen LogP contribution < -0.4 is 5.32 Å². The molecule has 1 aliphatic heterocycles. The molecule has 1 aliphatic carbocycles. The van der Waals surface area contributed by atoms with E-state index in [1.54, 1.807) is 18.4 Å². The van der Waals surface area contributed by atoms with E-state index in [0.29, 0.717) is 13.2 Å². The van der Waals surface area contributed by atoms with Crippen molar-refractivity contribution in [2.24, 2.45) is 5.92 Å². The van der Waals surface area contributed by atoms with Gasteiger partial charge in [0.25, 0.3) is 0 Å². The Balaban J connectivity index is 1.58. The van der Waals surface area contributed by atoms with Gasteiger partial charge in [-0.1, -0.05) is 19.4 Å². The topological polar surface area (TPSA) is 54.5 Å². The number of carbonyl (C=O) groups excluding carboxylic acids is 1. The molecule has 126 valence electrons. The second-order valence-electron chi connectivity index (χ2n) is 6.33. The minimum atomic E-state index is -0.0455. The molecule has 1 aromatic heterocycles. The van der Waals surface area contributed by atoms with Crippen LogP contribution in [0.4, 0.5) is 9.93 Å². The number of aromatic nitrogens is 1. The highest BCUT2D eigenvalue weighted by molar-refractivity contribution is 7.15. The molecule has 0 saturated carbocycles. The number of ether oxygens (including phenoxy) is 1. The number of fused-ring (bicyclic) bond motifs is 1. The molecule has 1 atom stereocenters. The first-order valence-corrected chi connectivity index (χ1v) is 9.22. The zero-order valence-electron chi connectivity index (χ0n) is 13.9. The number of hydrogen-bond acceptors (Lipinski definition) is 4. The Kier molecular flexibility index (Phi) is 5.33. The molecule has 0 spiro atoms. The molecule has 1 N–H and O–H groups in total. The van der Waals surface area contributed by atoms with Crippen molar-refractivity contribution in [3.8, 4) is 0 Å². The molecular formula is C17H25N3O2S. The van der Waals surface area contributed by atoms with Gasteiger partial charge < -0.3 is 9.64 Å². The van der Waals surface area contributed by atoms with Crippen LogP contribution in [0.25, 0.3) is 0 Å². The van der Waals surface area contributed by atoms with Crippen molar-refractivity contribution in [1.82, 2.24) is 9.88 Å². The van der Waals surface area contributed by atoms with Crippen LogP contribution in [0.3, 0.4) is 0 Å². The second kappa shape index (κ2) is 7.45. The van der Waals surface area contributed by atoms with Gasteiger partial charge in [-0.05, 0) is 37.2 Å². The molecule has 2 heterocycles. The molecule has 0 fully saturated rings. The lowest BCUT2D eigenvalue weighted by atomic mass is 9.89. The van der Waals surface area contributed by atoms with Crippen LogP contribution in [-0.4, -0.2) is 42.7 Å². The molecule has 2 amide bonds. The van der Waals surface area contributed by atoms with Crippen LogP contribution in [0.15, 0.2) is 11.6 Å². The van der Waals surface area contributed by atoms with Gasteiger partial charge in [-0.3, -0.25) is 5.32 Å². The predicted molar refractivity (Wildman–Crippen MR) is 93.1 cm³/mol. The minimum Gasteiger partial charge on any atom is -0.380 e. The van der Waals surface area contributed by atoms with Crippen LogP contribution in [0.1, 0.15) is 36.8 Å². The van der Waals surface area contributed by atoms with Gasteiger partial charge in [0.05, 0.1) is 12.3 Å². The van der Waals surface area contributed by atoms with Gasteiger partial charge in [0.1, 0.15) is 0 Å². The third-order valence-electron chi connectivity index (χ3n) is 4.75. The first-order valence-electron chi connectivity index (χ1n) is 8.41. The lowest BCUT2D eigenvalue weighted by Gasteiger charge is -2.26. The van der Waals surface area contributed by atoms with Crippen molar-refractivity contribution in [3.63, 3.8) is 0 Å². The maximum absolute atomic E-state index is 12.4. The summed E-state index contributed by atoms with van der Waals surface area (Å²) in [5.41, 5.74) is 2.46. The van der Waals surface area contributed by atoms with Gasteiger partial charge in [0.15, 0.2) is 5.13 Å². The third-order valence-corrected chi connectivity index (χ3v) is 5.79. The van der Waals surface area contributed by atoms with Crippen molar-refractivity contribution in [2.75, 3.05) is 32.1 Å². The van der Waals surface area contributed by atoms with Crippen LogP contribution in [-0.2, 0) is 17.6 Å². The Hall–Kier alpha value is -1.40. The number of thiazole rings is 1. The number of amides is 2. The molecule has 0 aromatic carbocycles. The number of nitrogens with zero attached hydrogens (tertiary/aromatic N) is 2. The fourth-order valence-electron chi connectivity index (χ4n) is 3.23. The van der Waals surface area contributed by atoms with Gasteiger partial charge in [-0.2, -0.15) is 0 Å². The molecule has 0 saturated heterocycles. The van der Waals surface area contributed by atoms with Crippen molar-refractivity contribution < 1.29 is 9.53 Å². The van der Waals surface area contributed by atoms with E-state index in [4.69, 9.17) is 4.74 Å². The molecule has 2 aliphatic rings. The van der Waals surface area contributed by atoms with Crippen molar-refractivity contribution in [1.29, 1.82) is 0 Å². The number of urea groups is 1. The fourth-order valence-corrected chi connectivity index (χ4v) is 4.34. The fraction of sp³-hybridized carbons (Fsp3) is 0.647. The third kappa shape index (κ3) is 3.93. The Labute approximate surface area is 141 Å². The van der Waals surface area contributed by atoms with E-state index < -0.39 is 0 Å². The van der Waals surface area contributed by atoms with E-state index in [1.807, 2.05) is 4.90 Å². The lowest BCUT2D eigenvalue weighted by Crippen LogP contribution is -2.38. The quantitative estimate of drug-likeness (QED) is 0.857. The Morgan fingerprint density at radius 2 is 2.39 bits per heavy atom. The average Bonchev–Trinajstić information content (AvgIpc) is 2.96. The summed E-state index contributed by atoms with van der Waals surface area (Å²) < 4.78 is 5.14. The van der Waals surface area contributed by atoms with Gasteiger partial charge in [-0.25, -0.2) is 9.78 Å². The molecule has 0 bridgehead atoms. The maximum atomic E-state index is 12.4. The summed E-state index contributed by atoms with van der Waals surface area (Å²) >= 11 is 1.65. The molecule has 5 nitrogen and oxygen atoms in total. The normalized spacial score (nSPS) is 20.9. The zero-order chi connectivity index (χ0) is 16.2. The number of rotatable bonds is 4. The van der Waals surface area contributed by atoms with Gasteiger partial charge in [0.2, 0.25) is 0 Å². The second-order valence-corrected chi connectivity index (χ2v) is 7.41. The first kappa shape index (κ1) is 16.5. The summed E-state index contributed by atoms with van der Waals surface area (Å²) in [5, 5.41) is 3.74. The van der Waals surface area contributed by atoms with Crippen molar-refractivity contribution in [2.45, 2.75) is 39.0 Å². The maximum Gasteiger partial charge on any atom is 0.323 e. The Bertz CT molecular complexity index is 597. The summed E-state index contributed by atoms with van der Waals surface area (Å²) in [6, 6.07) is -0.0455. The molecule has 3 rings (SSSR count). The number of nitrogens with one attached hydrogen (secondary N) is 1. The van der Waals surface area contributed by atoms with Gasteiger partial charge in [0, 0.05) is 25.1 Å². The monoisotopic (exact) mass is 335 g/mol. The van der Waals surface area contributed by atoms with Crippen LogP contribution in [0.2, 0.25) is 0 Å². The Morgan fingerprint density at radius 3 is 3.09 bits per heavy atom. The van der Waals surface area contributed by atoms with E-state index in [9.17, 15) is 4.79 Å². The number of methoxy groups -OCH3 is 1. The highest BCUT2D eigenvalue weighted by atomic mass is 32.1. The van der Waals surface area contributed by atoms with Crippen LogP contribution in [0, 0.1) is 5.92 Å². The summed E-state index contributed by atoms with van der Waals surface area (Å²) in [4.78, 5) is 20.2. The predicted octanol–water partition coefficient (Wildman–Crippen LogP) is 3.47. The first-order chi connectivity index (χ1) is 11.2. The number of carbonyl (C=O) groups is 1.